The summed E-state index contributed by atoms with van der Waals surface area (Å²) in [5.41, 5.74) is 5.01. The normalized spacial score (nSPS) is 11.4. The van der Waals surface area contributed by atoms with Gasteiger partial charge in [0.2, 0.25) is 0 Å². The molecule has 0 amide bonds. The van der Waals surface area contributed by atoms with Gasteiger partial charge in [0.1, 0.15) is 36.9 Å². The first-order chi connectivity index (χ1) is 23.3. The molecule has 0 N–H and O–H groups in total. The number of fused-ring (bicyclic) bond motifs is 1. The minimum Gasteiger partial charge on any atom is -0.489 e. The number of hydrogen-bond donors (Lipinski definition) is 0. The van der Waals surface area contributed by atoms with Gasteiger partial charge in [-0.2, -0.15) is 0 Å². The van der Waals surface area contributed by atoms with Gasteiger partial charge in [-0.05, 0) is 53.4 Å². The molecule has 1 heterocycles. The fraction of sp³-hybridized carbons (Fsp3) is 0.214. The van der Waals surface area contributed by atoms with Crippen molar-refractivity contribution in [2.45, 2.75) is 32.7 Å². The number of benzene rings is 5. The second kappa shape index (κ2) is 15.1. The topological polar surface area (TPSA) is 57.9 Å². The molecule has 48 heavy (non-hydrogen) atoms. The summed E-state index contributed by atoms with van der Waals surface area (Å²) in [6.07, 6.45) is 1.42. The Kier molecular flexibility index (Phi) is 10.2. The molecule has 0 saturated heterocycles. The predicted octanol–water partition coefficient (Wildman–Crippen LogP) is 8.84. The fourth-order valence-electron chi connectivity index (χ4n) is 5.58. The molecule has 6 nitrogen and oxygen atoms in total. The number of ether oxygens (including phenoxy) is 3. The molecule has 0 aliphatic heterocycles. The third kappa shape index (κ3) is 8.52. The van der Waals surface area contributed by atoms with Crippen LogP contribution >= 0.6 is 0 Å². The van der Waals surface area contributed by atoms with Crippen LogP contribution in [0.2, 0.25) is 0 Å². The van der Waals surface area contributed by atoms with E-state index in [1.807, 2.05) is 127 Å². The highest BCUT2D eigenvalue weighted by Crippen LogP contribution is 2.36. The number of hydrogen-bond acceptors (Lipinski definition) is 5. The highest BCUT2D eigenvalue weighted by atomic mass is 16.5. The molecular formula is C42H42NO5+. The van der Waals surface area contributed by atoms with Gasteiger partial charge in [0.25, 0.3) is 0 Å². The first-order valence-corrected chi connectivity index (χ1v) is 16.4. The number of rotatable bonds is 14. The summed E-state index contributed by atoms with van der Waals surface area (Å²) in [6, 6.07) is 41.3. The molecular weight excluding hydrogens is 598 g/mol. The van der Waals surface area contributed by atoms with Crippen molar-refractivity contribution in [3.63, 3.8) is 0 Å². The SMILES string of the molecule is C[N+](C)(C)CCCc1c(-c2ccc(OCc3ccccc3)c(OCc3ccccc3)c2)oc2cc(OCc3ccccc3)ccc2c1=O. The molecule has 0 spiro atoms. The molecule has 0 atom stereocenters. The summed E-state index contributed by atoms with van der Waals surface area (Å²) in [6.45, 7) is 2.10. The zero-order valence-corrected chi connectivity index (χ0v) is 27.9. The van der Waals surface area contributed by atoms with Crippen LogP contribution in [0, 0.1) is 0 Å². The highest BCUT2D eigenvalue weighted by Gasteiger charge is 2.20. The van der Waals surface area contributed by atoms with Crippen LogP contribution in [0.5, 0.6) is 17.2 Å². The van der Waals surface area contributed by atoms with Gasteiger partial charge in [-0.25, -0.2) is 0 Å². The van der Waals surface area contributed by atoms with Gasteiger partial charge in [0.15, 0.2) is 16.9 Å². The minimum absolute atomic E-state index is 0.0292. The summed E-state index contributed by atoms with van der Waals surface area (Å²) in [4.78, 5) is 14.1. The van der Waals surface area contributed by atoms with Crippen LogP contribution in [0.3, 0.4) is 0 Å². The van der Waals surface area contributed by atoms with Crippen LogP contribution in [0.25, 0.3) is 22.3 Å². The fourth-order valence-corrected chi connectivity index (χ4v) is 5.58. The third-order valence-corrected chi connectivity index (χ3v) is 8.14. The summed E-state index contributed by atoms with van der Waals surface area (Å²) in [5, 5.41) is 0.537. The first-order valence-electron chi connectivity index (χ1n) is 16.4. The zero-order chi connectivity index (χ0) is 33.3. The van der Waals surface area contributed by atoms with Crippen LogP contribution in [-0.4, -0.2) is 32.2 Å². The summed E-state index contributed by atoms with van der Waals surface area (Å²) < 4.78 is 26.2. The third-order valence-electron chi connectivity index (χ3n) is 8.14. The van der Waals surface area contributed by atoms with Crippen molar-refractivity contribution in [2.75, 3.05) is 27.7 Å². The van der Waals surface area contributed by atoms with Crippen LogP contribution in [0.1, 0.15) is 28.7 Å². The Morgan fingerprint density at radius 1 is 0.604 bits per heavy atom. The van der Waals surface area contributed by atoms with E-state index in [0.717, 1.165) is 39.7 Å². The molecule has 0 unspecified atom stereocenters. The predicted molar refractivity (Wildman–Crippen MR) is 191 cm³/mol. The number of nitrogens with zero attached hydrogens (tertiary/aromatic N) is 1. The minimum atomic E-state index is -0.0292. The number of quaternary nitrogens is 1. The van der Waals surface area contributed by atoms with Crippen LogP contribution in [0.15, 0.2) is 137 Å². The van der Waals surface area contributed by atoms with E-state index in [4.69, 9.17) is 18.6 Å². The molecule has 5 aromatic carbocycles. The van der Waals surface area contributed by atoms with Crippen molar-refractivity contribution in [3.05, 3.63) is 160 Å². The van der Waals surface area contributed by atoms with Crippen molar-refractivity contribution < 1.29 is 23.1 Å². The van der Waals surface area contributed by atoms with E-state index >= 15 is 0 Å². The Bertz CT molecular complexity index is 2000. The molecule has 0 bridgehead atoms. The van der Waals surface area contributed by atoms with Crippen LogP contribution < -0.4 is 19.6 Å². The van der Waals surface area contributed by atoms with E-state index in [2.05, 4.69) is 21.1 Å². The summed E-state index contributed by atoms with van der Waals surface area (Å²) in [5.74, 6) is 2.36. The molecule has 6 heteroatoms. The molecule has 1 aromatic heterocycles. The molecule has 244 valence electrons. The Balaban J connectivity index is 1.38. The maximum absolute atomic E-state index is 14.1. The van der Waals surface area contributed by atoms with E-state index < -0.39 is 0 Å². The summed E-state index contributed by atoms with van der Waals surface area (Å²) >= 11 is 0. The second-order valence-electron chi connectivity index (χ2n) is 13.0. The maximum atomic E-state index is 14.1. The van der Waals surface area contributed by atoms with Crippen molar-refractivity contribution in [1.29, 1.82) is 0 Å². The van der Waals surface area contributed by atoms with Crippen LogP contribution in [0.4, 0.5) is 0 Å². The average Bonchev–Trinajstić information content (AvgIpc) is 3.10. The van der Waals surface area contributed by atoms with Gasteiger partial charge in [0, 0.05) is 23.6 Å². The molecule has 6 rings (SSSR count). The van der Waals surface area contributed by atoms with Gasteiger partial charge in [-0.1, -0.05) is 91.0 Å². The van der Waals surface area contributed by atoms with Crippen molar-refractivity contribution >= 4 is 11.0 Å². The quantitative estimate of drug-likeness (QED) is 0.111. The molecule has 0 saturated carbocycles. The maximum Gasteiger partial charge on any atom is 0.196 e. The average molecular weight is 641 g/mol. The Morgan fingerprint density at radius 2 is 1.17 bits per heavy atom. The second-order valence-corrected chi connectivity index (χ2v) is 13.0. The first kappa shape index (κ1) is 32.6. The van der Waals surface area contributed by atoms with Gasteiger partial charge >= 0.3 is 0 Å². The van der Waals surface area contributed by atoms with Crippen molar-refractivity contribution in [2.24, 2.45) is 0 Å². The van der Waals surface area contributed by atoms with Gasteiger partial charge in [-0.15, -0.1) is 0 Å². The standard InChI is InChI=1S/C42H42NO5/c1-43(2,3)25-13-20-37-41(44)36-23-22-35(45-28-31-14-7-4-8-15-31)27-39(36)48-42(37)34-21-24-38(46-29-32-16-9-5-10-17-32)40(26-34)47-30-33-18-11-6-12-19-33/h4-12,14-19,21-24,26-27H,13,20,25,28-30H2,1-3H3/q+1. The largest absolute Gasteiger partial charge is 0.489 e. The lowest BCUT2D eigenvalue weighted by Crippen LogP contribution is -2.35. The zero-order valence-electron chi connectivity index (χ0n) is 27.9. The molecule has 0 aliphatic rings. The lowest BCUT2D eigenvalue weighted by Gasteiger charge is -2.23. The smallest absolute Gasteiger partial charge is 0.196 e. The van der Waals surface area contributed by atoms with E-state index in [1.165, 1.54) is 0 Å². The van der Waals surface area contributed by atoms with Crippen LogP contribution in [-0.2, 0) is 26.2 Å². The molecule has 6 aromatic rings. The summed E-state index contributed by atoms with van der Waals surface area (Å²) in [7, 11) is 6.47. The Hall–Kier alpha value is -5.33. The Labute approximate surface area is 282 Å². The van der Waals surface area contributed by atoms with E-state index in [0.29, 0.717) is 65.8 Å². The highest BCUT2D eigenvalue weighted by molar-refractivity contribution is 5.82. The van der Waals surface area contributed by atoms with Crippen molar-refractivity contribution in [3.8, 4) is 28.6 Å². The lowest BCUT2D eigenvalue weighted by atomic mass is 10.00. The lowest BCUT2D eigenvalue weighted by molar-refractivity contribution is -0.870. The van der Waals surface area contributed by atoms with Gasteiger partial charge in [0.05, 0.1) is 33.1 Å². The molecule has 0 aliphatic carbocycles. The van der Waals surface area contributed by atoms with E-state index in [1.54, 1.807) is 0 Å². The molecule has 0 fully saturated rings. The van der Waals surface area contributed by atoms with E-state index in [-0.39, 0.29) is 5.43 Å². The van der Waals surface area contributed by atoms with Gasteiger partial charge < -0.3 is 23.1 Å². The Morgan fingerprint density at radius 3 is 1.75 bits per heavy atom. The monoisotopic (exact) mass is 640 g/mol. The molecule has 0 radical (unpaired) electrons. The van der Waals surface area contributed by atoms with Crippen molar-refractivity contribution in [1.82, 2.24) is 0 Å². The van der Waals surface area contributed by atoms with Gasteiger partial charge in [-0.3, -0.25) is 4.79 Å². The van der Waals surface area contributed by atoms with E-state index in [9.17, 15) is 4.79 Å².